The zero-order valence-corrected chi connectivity index (χ0v) is 15.9. The van der Waals surface area contributed by atoms with E-state index in [0.717, 1.165) is 40.8 Å². The van der Waals surface area contributed by atoms with Crippen LogP contribution in [-0.2, 0) is 0 Å². The van der Waals surface area contributed by atoms with E-state index < -0.39 is 5.91 Å². The van der Waals surface area contributed by atoms with Gasteiger partial charge in [0.1, 0.15) is 0 Å². The molecule has 6 heteroatoms. The minimum absolute atomic E-state index is 0.149. The fraction of sp³-hybridized carbons (Fsp3) is 0.381. The first-order chi connectivity index (χ1) is 13.0. The molecule has 1 amide bonds. The van der Waals surface area contributed by atoms with Crippen molar-refractivity contribution in [3.05, 3.63) is 42.4 Å². The number of fused-ring (bicyclic) bond motifs is 1. The second kappa shape index (κ2) is 7.02. The fourth-order valence-corrected chi connectivity index (χ4v) is 3.81. The molecule has 2 N–H and O–H groups in total. The van der Waals surface area contributed by atoms with Crippen molar-refractivity contribution in [2.75, 3.05) is 18.0 Å². The maximum Gasteiger partial charge on any atom is 0.269 e. The number of hydrogen-bond acceptors (Lipinski definition) is 4. The van der Waals surface area contributed by atoms with Crippen molar-refractivity contribution in [3.63, 3.8) is 0 Å². The summed E-state index contributed by atoms with van der Waals surface area (Å²) in [6.07, 6.45) is 7.56. The van der Waals surface area contributed by atoms with Gasteiger partial charge in [0.05, 0.1) is 17.4 Å². The van der Waals surface area contributed by atoms with E-state index in [1.54, 1.807) is 0 Å². The molecule has 0 spiro atoms. The molecular weight excluding hydrogens is 338 g/mol. The number of amides is 1. The molecule has 0 bridgehead atoms. The van der Waals surface area contributed by atoms with Crippen LogP contribution in [0.4, 0.5) is 5.69 Å². The second-order valence-electron chi connectivity index (χ2n) is 7.46. The van der Waals surface area contributed by atoms with Crippen molar-refractivity contribution in [1.82, 2.24) is 14.8 Å². The van der Waals surface area contributed by atoms with E-state index in [2.05, 4.69) is 27.1 Å². The van der Waals surface area contributed by atoms with Crippen LogP contribution in [0.5, 0.6) is 0 Å². The first kappa shape index (κ1) is 17.5. The van der Waals surface area contributed by atoms with E-state index in [-0.39, 0.29) is 6.04 Å². The highest BCUT2D eigenvalue weighted by molar-refractivity contribution is 6.05. The fourth-order valence-electron chi connectivity index (χ4n) is 3.81. The number of carbonyl (C=O) groups is 1. The Morgan fingerprint density at radius 3 is 2.56 bits per heavy atom. The summed E-state index contributed by atoms with van der Waals surface area (Å²) in [7, 11) is 0. The van der Waals surface area contributed by atoms with E-state index in [9.17, 15) is 4.79 Å². The maximum atomic E-state index is 11.9. The molecule has 3 aromatic rings. The SMILES string of the molecule is CC(C)n1nc(C(N)=O)c2cc(-c3cncc(N4CCCCC4)c3)ccc21. The average molecular weight is 363 g/mol. The average Bonchev–Trinajstić information content (AvgIpc) is 3.08. The maximum absolute atomic E-state index is 11.9. The number of piperidine rings is 1. The van der Waals surface area contributed by atoms with E-state index in [1.807, 2.05) is 43.1 Å². The van der Waals surface area contributed by atoms with Gasteiger partial charge in [-0.15, -0.1) is 0 Å². The topological polar surface area (TPSA) is 77.0 Å². The van der Waals surface area contributed by atoms with Crippen LogP contribution in [0, 0.1) is 0 Å². The van der Waals surface area contributed by atoms with Gasteiger partial charge >= 0.3 is 0 Å². The van der Waals surface area contributed by atoms with Crippen LogP contribution in [0.1, 0.15) is 49.6 Å². The number of nitrogens with two attached hydrogens (primary N) is 1. The highest BCUT2D eigenvalue weighted by Crippen LogP contribution is 2.30. The van der Waals surface area contributed by atoms with E-state index in [4.69, 9.17) is 5.73 Å². The normalized spacial score (nSPS) is 14.9. The third kappa shape index (κ3) is 3.27. The monoisotopic (exact) mass is 363 g/mol. The molecule has 1 aliphatic heterocycles. The van der Waals surface area contributed by atoms with Crippen molar-refractivity contribution in [2.24, 2.45) is 5.73 Å². The predicted molar refractivity (Wildman–Crippen MR) is 108 cm³/mol. The van der Waals surface area contributed by atoms with Crippen LogP contribution in [0.15, 0.2) is 36.7 Å². The molecule has 6 nitrogen and oxygen atoms in total. The predicted octanol–water partition coefficient (Wildman–Crippen LogP) is 3.77. The van der Waals surface area contributed by atoms with E-state index >= 15 is 0 Å². The summed E-state index contributed by atoms with van der Waals surface area (Å²) in [5, 5.41) is 5.22. The van der Waals surface area contributed by atoms with Crippen LogP contribution in [-0.4, -0.2) is 33.8 Å². The molecule has 3 heterocycles. The molecule has 1 aliphatic rings. The number of aromatic nitrogens is 3. The smallest absolute Gasteiger partial charge is 0.269 e. The van der Waals surface area contributed by atoms with Crippen molar-refractivity contribution in [1.29, 1.82) is 0 Å². The lowest BCUT2D eigenvalue weighted by molar-refractivity contribution is 0.0996. The summed E-state index contributed by atoms with van der Waals surface area (Å²) in [5.74, 6) is -0.503. The van der Waals surface area contributed by atoms with Crippen molar-refractivity contribution < 1.29 is 4.79 Å². The molecule has 1 aromatic carbocycles. The Morgan fingerprint density at radius 2 is 1.85 bits per heavy atom. The highest BCUT2D eigenvalue weighted by atomic mass is 16.1. The summed E-state index contributed by atoms with van der Waals surface area (Å²) in [6.45, 7) is 6.24. The number of anilines is 1. The largest absolute Gasteiger partial charge is 0.370 e. The molecule has 1 saturated heterocycles. The summed E-state index contributed by atoms with van der Waals surface area (Å²) >= 11 is 0. The van der Waals surface area contributed by atoms with Crippen molar-refractivity contribution in [2.45, 2.75) is 39.2 Å². The van der Waals surface area contributed by atoms with Crippen molar-refractivity contribution >= 4 is 22.5 Å². The lowest BCUT2D eigenvalue weighted by Crippen LogP contribution is -2.29. The van der Waals surface area contributed by atoms with Crippen LogP contribution in [0.25, 0.3) is 22.0 Å². The minimum Gasteiger partial charge on any atom is -0.370 e. The summed E-state index contributed by atoms with van der Waals surface area (Å²) in [6, 6.07) is 8.40. The van der Waals surface area contributed by atoms with E-state index in [1.165, 1.54) is 19.3 Å². The third-order valence-corrected chi connectivity index (χ3v) is 5.21. The van der Waals surface area contributed by atoms with Gasteiger partial charge in [0.15, 0.2) is 5.69 Å². The van der Waals surface area contributed by atoms with Gasteiger partial charge in [0.2, 0.25) is 0 Å². The van der Waals surface area contributed by atoms with Crippen LogP contribution in [0.3, 0.4) is 0 Å². The zero-order valence-electron chi connectivity index (χ0n) is 15.9. The first-order valence-electron chi connectivity index (χ1n) is 9.57. The number of carbonyl (C=O) groups excluding carboxylic acids is 1. The van der Waals surface area contributed by atoms with Crippen molar-refractivity contribution in [3.8, 4) is 11.1 Å². The van der Waals surface area contributed by atoms with Gasteiger partial charge in [-0.25, -0.2) is 0 Å². The van der Waals surface area contributed by atoms with Crippen LogP contribution in [0.2, 0.25) is 0 Å². The second-order valence-corrected chi connectivity index (χ2v) is 7.46. The molecule has 1 fully saturated rings. The Balaban J connectivity index is 1.78. The number of nitrogens with zero attached hydrogens (tertiary/aromatic N) is 4. The zero-order chi connectivity index (χ0) is 19.0. The molecule has 0 aliphatic carbocycles. The lowest BCUT2D eigenvalue weighted by Gasteiger charge is -2.28. The number of rotatable bonds is 4. The van der Waals surface area contributed by atoms with Gasteiger partial charge in [0, 0.05) is 36.3 Å². The Labute approximate surface area is 159 Å². The molecule has 0 radical (unpaired) electrons. The van der Waals surface area contributed by atoms with Crippen LogP contribution >= 0.6 is 0 Å². The molecule has 2 aromatic heterocycles. The Kier molecular flexibility index (Phi) is 4.56. The van der Waals surface area contributed by atoms with Gasteiger partial charge in [-0.05, 0) is 56.9 Å². The molecule has 0 atom stereocenters. The third-order valence-electron chi connectivity index (χ3n) is 5.21. The molecule has 4 rings (SSSR count). The highest BCUT2D eigenvalue weighted by Gasteiger charge is 2.18. The standard InChI is InChI=1S/C21H25N5O/c1-14(2)26-19-7-6-15(11-18(19)20(24-26)21(22)27)16-10-17(13-23-12-16)25-8-4-3-5-9-25/h6-7,10-14H,3-5,8-9H2,1-2H3,(H2,22,27). The van der Waals surface area contributed by atoms with Crippen LogP contribution < -0.4 is 10.6 Å². The number of primary amides is 1. The first-order valence-corrected chi connectivity index (χ1v) is 9.57. The summed E-state index contributed by atoms with van der Waals surface area (Å²) < 4.78 is 1.85. The molecule has 27 heavy (non-hydrogen) atoms. The summed E-state index contributed by atoms with van der Waals surface area (Å²) in [4.78, 5) is 18.7. The van der Waals surface area contributed by atoms with Gasteiger partial charge in [-0.3, -0.25) is 14.5 Å². The van der Waals surface area contributed by atoms with Gasteiger partial charge < -0.3 is 10.6 Å². The Morgan fingerprint density at radius 1 is 1.07 bits per heavy atom. The van der Waals surface area contributed by atoms with Gasteiger partial charge in [-0.2, -0.15) is 5.10 Å². The Hall–Kier alpha value is -2.89. The molecule has 0 saturated carbocycles. The number of benzene rings is 1. The lowest BCUT2D eigenvalue weighted by atomic mass is 10.0. The van der Waals surface area contributed by atoms with Gasteiger partial charge in [-0.1, -0.05) is 6.07 Å². The molecular formula is C21H25N5O. The number of hydrogen-bond donors (Lipinski definition) is 1. The minimum atomic E-state index is -0.503. The molecule has 0 unspecified atom stereocenters. The summed E-state index contributed by atoms with van der Waals surface area (Å²) in [5.41, 5.74) is 10.0. The van der Waals surface area contributed by atoms with Gasteiger partial charge in [0.25, 0.3) is 5.91 Å². The molecule has 140 valence electrons. The quantitative estimate of drug-likeness (QED) is 0.765. The van der Waals surface area contributed by atoms with E-state index in [0.29, 0.717) is 5.69 Å². The number of pyridine rings is 1. The Bertz CT molecular complexity index is 985.